The first-order valence-electron chi connectivity index (χ1n) is 6.36. The first-order chi connectivity index (χ1) is 9.58. The number of nitrogens with one attached hydrogen (secondary N) is 1. The molecule has 0 saturated carbocycles. The molecule has 1 fully saturated rings. The molecule has 0 aliphatic carbocycles. The van der Waals surface area contributed by atoms with Crippen molar-refractivity contribution in [3.05, 3.63) is 35.4 Å². The second kappa shape index (κ2) is 4.79. The second-order valence-corrected chi connectivity index (χ2v) is 5.34. The molecule has 2 heterocycles. The van der Waals surface area contributed by atoms with Crippen molar-refractivity contribution in [2.45, 2.75) is 25.3 Å². The molecule has 5 nitrogen and oxygen atoms in total. The van der Waals surface area contributed by atoms with Gasteiger partial charge < -0.3 is 0 Å². The molecule has 2 aliphatic heterocycles. The van der Waals surface area contributed by atoms with E-state index in [4.69, 9.17) is 12.2 Å². The molecule has 0 aromatic heterocycles. The Morgan fingerprint density at radius 2 is 1.95 bits per heavy atom. The Labute approximate surface area is 120 Å². The summed E-state index contributed by atoms with van der Waals surface area (Å²) in [5, 5.41) is 2.26. The molecular weight excluding hydrogens is 276 g/mol. The van der Waals surface area contributed by atoms with Crippen LogP contribution in [0.1, 0.15) is 28.8 Å². The zero-order valence-corrected chi connectivity index (χ0v) is 11.4. The molecule has 1 N–H and O–H groups in total. The number of rotatable bonds is 1. The van der Waals surface area contributed by atoms with Crippen LogP contribution in [0.15, 0.2) is 24.3 Å². The lowest BCUT2D eigenvalue weighted by atomic mass is 9.95. The lowest BCUT2D eigenvalue weighted by Crippen LogP contribution is -2.57. The van der Waals surface area contributed by atoms with Gasteiger partial charge in [-0.25, -0.2) is 0 Å². The van der Waals surface area contributed by atoms with Gasteiger partial charge in [-0.15, -0.1) is 0 Å². The van der Waals surface area contributed by atoms with E-state index in [-0.39, 0.29) is 18.2 Å². The molecule has 2 aliphatic rings. The predicted molar refractivity (Wildman–Crippen MR) is 75.1 cm³/mol. The molecule has 1 aromatic carbocycles. The average Bonchev–Trinajstić information content (AvgIpc) is 2.41. The van der Waals surface area contributed by atoms with Crippen molar-refractivity contribution in [3.63, 3.8) is 0 Å². The van der Waals surface area contributed by atoms with Crippen LogP contribution in [-0.2, 0) is 16.0 Å². The molecule has 1 saturated heterocycles. The Morgan fingerprint density at radius 1 is 1.20 bits per heavy atom. The van der Waals surface area contributed by atoms with Gasteiger partial charge in [0.05, 0.1) is 4.99 Å². The van der Waals surface area contributed by atoms with Crippen molar-refractivity contribution >= 4 is 34.9 Å². The number of nitrogens with zero attached hydrogens (tertiary/aromatic N) is 1. The summed E-state index contributed by atoms with van der Waals surface area (Å²) in [5.74, 6) is -1.01. The van der Waals surface area contributed by atoms with Gasteiger partial charge in [-0.05, 0) is 18.1 Å². The van der Waals surface area contributed by atoms with E-state index in [1.165, 1.54) is 4.90 Å². The first-order valence-corrected chi connectivity index (χ1v) is 6.77. The maximum Gasteiger partial charge on any atom is 0.259 e. The summed E-state index contributed by atoms with van der Waals surface area (Å²) in [5.41, 5.74) is 1.46. The standard InChI is InChI=1S/C14H12N2O3S/c17-11-6-5-10(13(18)15-11)16-12(20)7-8-3-1-2-4-9(8)14(16)19/h1-4,10H,5-7H2,(H,15,17,18). The van der Waals surface area contributed by atoms with Crippen LogP contribution in [0.25, 0.3) is 0 Å². The number of hydrogen-bond donors (Lipinski definition) is 1. The van der Waals surface area contributed by atoms with Crippen molar-refractivity contribution in [2.75, 3.05) is 0 Å². The molecule has 1 atom stereocenters. The van der Waals surface area contributed by atoms with E-state index in [1.807, 2.05) is 12.1 Å². The Bertz CT molecular complexity index is 641. The zero-order valence-electron chi connectivity index (χ0n) is 10.6. The highest BCUT2D eigenvalue weighted by molar-refractivity contribution is 7.80. The van der Waals surface area contributed by atoms with Crippen LogP contribution in [-0.4, -0.2) is 33.7 Å². The normalized spacial score (nSPS) is 22.6. The van der Waals surface area contributed by atoms with Crippen LogP contribution < -0.4 is 5.32 Å². The Morgan fingerprint density at radius 3 is 2.70 bits per heavy atom. The topological polar surface area (TPSA) is 66.5 Å². The van der Waals surface area contributed by atoms with Gasteiger partial charge in [-0.2, -0.15) is 0 Å². The maximum atomic E-state index is 12.5. The lowest BCUT2D eigenvalue weighted by molar-refractivity contribution is -0.136. The van der Waals surface area contributed by atoms with Crippen LogP contribution in [0.3, 0.4) is 0 Å². The van der Waals surface area contributed by atoms with Crippen LogP contribution in [0.5, 0.6) is 0 Å². The van der Waals surface area contributed by atoms with Gasteiger partial charge in [0, 0.05) is 18.4 Å². The number of benzene rings is 1. The van der Waals surface area contributed by atoms with Gasteiger partial charge in [-0.3, -0.25) is 24.6 Å². The minimum Gasteiger partial charge on any atom is -0.295 e. The fraction of sp³-hybridized carbons (Fsp3) is 0.286. The third-order valence-corrected chi connectivity index (χ3v) is 3.94. The molecule has 1 aromatic rings. The van der Waals surface area contributed by atoms with E-state index in [0.717, 1.165) is 5.56 Å². The first kappa shape index (κ1) is 12.9. The van der Waals surface area contributed by atoms with E-state index in [1.54, 1.807) is 12.1 Å². The quantitative estimate of drug-likeness (QED) is 0.613. The lowest BCUT2D eigenvalue weighted by Gasteiger charge is -2.36. The van der Waals surface area contributed by atoms with Crippen molar-refractivity contribution in [3.8, 4) is 0 Å². The summed E-state index contributed by atoms with van der Waals surface area (Å²) < 4.78 is 0. The number of amides is 3. The largest absolute Gasteiger partial charge is 0.295 e. The van der Waals surface area contributed by atoms with Gasteiger partial charge in [-0.1, -0.05) is 30.4 Å². The highest BCUT2D eigenvalue weighted by Crippen LogP contribution is 2.25. The summed E-state index contributed by atoms with van der Waals surface area (Å²) in [6, 6.07) is 6.56. The molecule has 0 spiro atoms. The van der Waals surface area contributed by atoms with Crippen LogP contribution in [0.2, 0.25) is 0 Å². The Balaban J connectivity index is 1.95. The summed E-state index contributed by atoms with van der Waals surface area (Å²) >= 11 is 5.28. The number of fused-ring (bicyclic) bond motifs is 1. The Kier molecular flexibility index (Phi) is 3.10. The van der Waals surface area contributed by atoms with Crippen LogP contribution in [0, 0.1) is 0 Å². The third-order valence-electron chi connectivity index (χ3n) is 3.60. The van der Waals surface area contributed by atoms with Gasteiger partial charge in [0.25, 0.3) is 5.91 Å². The molecule has 0 radical (unpaired) electrons. The van der Waals surface area contributed by atoms with E-state index >= 15 is 0 Å². The van der Waals surface area contributed by atoms with E-state index in [9.17, 15) is 14.4 Å². The van der Waals surface area contributed by atoms with E-state index in [2.05, 4.69) is 5.32 Å². The SMILES string of the molecule is O=C1CCC(N2C(=O)c3ccccc3CC2=S)C(=O)N1. The minimum absolute atomic E-state index is 0.227. The molecule has 3 rings (SSSR count). The highest BCUT2D eigenvalue weighted by atomic mass is 32.1. The number of carbonyl (C=O) groups is 3. The number of imide groups is 1. The van der Waals surface area contributed by atoms with E-state index < -0.39 is 11.9 Å². The molecule has 3 amide bonds. The molecule has 102 valence electrons. The molecule has 1 unspecified atom stereocenters. The summed E-state index contributed by atoms with van der Waals surface area (Å²) in [6.07, 6.45) is 1.01. The highest BCUT2D eigenvalue weighted by Gasteiger charge is 2.39. The number of piperidine rings is 1. The maximum absolute atomic E-state index is 12.5. The fourth-order valence-electron chi connectivity index (χ4n) is 2.62. The zero-order chi connectivity index (χ0) is 14.3. The Hall–Kier alpha value is -2.08. The van der Waals surface area contributed by atoms with Gasteiger partial charge in [0.2, 0.25) is 11.8 Å². The van der Waals surface area contributed by atoms with E-state index in [0.29, 0.717) is 23.4 Å². The van der Waals surface area contributed by atoms with Crippen molar-refractivity contribution < 1.29 is 14.4 Å². The number of thiocarbonyl (C=S) groups is 1. The molecule has 0 bridgehead atoms. The van der Waals surface area contributed by atoms with Crippen LogP contribution in [0.4, 0.5) is 0 Å². The summed E-state index contributed by atoms with van der Waals surface area (Å²) in [4.78, 5) is 37.4. The van der Waals surface area contributed by atoms with Gasteiger partial charge in [0.15, 0.2) is 0 Å². The summed E-state index contributed by atoms with van der Waals surface area (Å²) in [7, 11) is 0. The van der Waals surface area contributed by atoms with Crippen molar-refractivity contribution in [2.24, 2.45) is 0 Å². The fourth-order valence-corrected chi connectivity index (χ4v) is 2.98. The predicted octanol–water partition coefficient (Wildman–Crippen LogP) is 0.818. The minimum atomic E-state index is -0.680. The summed E-state index contributed by atoms with van der Waals surface area (Å²) in [6.45, 7) is 0. The monoisotopic (exact) mass is 288 g/mol. The van der Waals surface area contributed by atoms with Crippen molar-refractivity contribution in [1.82, 2.24) is 10.2 Å². The number of carbonyl (C=O) groups excluding carboxylic acids is 3. The molecule has 20 heavy (non-hydrogen) atoms. The average molecular weight is 288 g/mol. The third kappa shape index (κ3) is 2.02. The molecular formula is C14H12N2O3S. The van der Waals surface area contributed by atoms with Crippen LogP contribution >= 0.6 is 12.2 Å². The smallest absolute Gasteiger partial charge is 0.259 e. The van der Waals surface area contributed by atoms with Gasteiger partial charge >= 0.3 is 0 Å². The molecule has 6 heteroatoms. The van der Waals surface area contributed by atoms with Gasteiger partial charge in [0.1, 0.15) is 6.04 Å². The number of hydrogen-bond acceptors (Lipinski definition) is 4. The second-order valence-electron chi connectivity index (χ2n) is 4.87. The van der Waals surface area contributed by atoms with Crippen molar-refractivity contribution in [1.29, 1.82) is 0 Å².